The third-order valence-electron chi connectivity index (χ3n) is 7.83. The number of ether oxygens (including phenoxy) is 1. The molecule has 2 aromatic heterocycles. The van der Waals surface area contributed by atoms with Crippen molar-refractivity contribution in [3.63, 3.8) is 0 Å². The standard InChI is InChI=1S/C34H37N7O4/c1-39(2)26-8-9-28(23(17-26)11-12-36-22-42)29-6-4-5-27(30(29)19-35)25-18-31(34(44)40(3)21-25)38-32-10-7-24(20-37-32)33(43)41-13-15-45-16-14-41/h4-10,17-22,35H,11-16H2,1-3H3,(H,36,42)(H,37,38). The molecule has 45 heavy (non-hydrogen) atoms. The number of hydrogen-bond acceptors (Lipinski definition) is 8. The van der Waals surface area contributed by atoms with Crippen molar-refractivity contribution >= 4 is 35.7 Å². The first kappa shape index (κ1) is 31.1. The zero-order valence-electron chi connectivity index (χ0n) is 25.7. The van der Waals surface area contributed by atoms with E-state index in [1.807, 2.05) is 49.3 Å². The molecule has 232 valence electrons. The smallest absolute Gasteiger partial charge is 0.274 e. The maximum Gasteiger partial charge on any atom is 0.274 e. The second kappa shape index (κ2) is 14.0. The summed E-state index contributed by atoms with van der Waals surface area (Å²) >= 11 is 0. The van der Waals surface area contributed by atoms with E-state index in [0.717, 1.165) is 33.5 Å². The van der Waals surface area contributed by atoms with Crippen molar-refractivity contribution in [3.05, 3.63) is 94.0 Å². The molecule has 0 bridgehead atoms. The molecule has 1 aliphatic heterocycles. The Bertz CT molecular complexity index is 1760. The van der Waals surface area contributed by atoms with Gasteiger partial charge in [0.25, 0.3) is 11.5 Å². The number of nitrogens with one attached hydrogen (secondary N) is 3. The summed E-state index contributed by atoms with van der Waals surface area (Å²) in [4.78, 5) is 45.1. The molecule has 5 rings (SSSR count). The Balaban J connectivity index is 1.48. The predicted octanol–water partition coefficient (Wildman–Crippen LogP) is 3.68. The van der Waals surface area contributed by atoms with Crippen molar-refractivity contribution in [3.8, 4) is 22.3 Å². The van der Waals surface area contributed by atoms with Gasteiger partial charge in [-0.1, -0.05) is 24.3 Å². The summed E-state index contributed by atoms with van der Waals surface area (Å²) < 4.78 is 6.83. The topological polar surface area (TPSA) is 133 Å². The van der Waals surface area contributed by atoms with Crippen molar-refractivity contribution in [2.24, 2.45) is 7.05 Å². The molecule has 0 spiro atoms. The lowest BCUT2D eigenvalue weighted by atomic mass is 9.89. The van der Waals surface area contributed by atoms with Crippen molar-refractivity contribution < 1.29 is 14.3 Å². The highest BCUT2D eigenvalue weighted by Crippen LogP contribution is 2.35. The molecule has 0 unspecified atom stereocenters. The van der Waals surface area contributed by atoms with Gasteiger partial charge in [-0.2, -0.15) is 0 Å². The van der Waals surface area contributed by atoms with Crippen LogP contribution in [0, 0.1) is 5.41 Å². The van der Waals surface area contributed by atoms with Crippen LogP contribution in [-0.4, -0.2) is 79.9 Å². The minimum absolute atomic E-state index is 0.103. The minimum atomic E-state index is -0.245. The fraction of sp³-hybridized carbons (Fsp3) is 0.265. The maximum atomic E-state index is 13.2. The molecule has 1 fully saturated rings. The van der Waals surface area contributed by atoms with E-state index in [9.17, 15) is 14.4 Å². The first-order valence-corrected chi connectivity index (χ1v) is 14.7. The molecule has 0 aliphatic carbocycles. The lowest BCUT2D eigenvalue weighted by molar-refractivity contribution is -0.109. The number of carbonyl (C=O) groups is 2. The first-order chi connectivity index (χ1) is 21.8. The van der Waals surface area contributed by atoms with Gasteiger partial charge in [-0.05, 0) is 59.0 Å². The summed E-state index contributed by atoms with van der Waals surface area (Å²) in [5.74, 6) is 0.326. The molecule has 0 radical (unpaired) electrons. The minimum Gasteiger partial charge on any atom is -0.378 e. The van der Waals surface area contributed by atoms with Crippen molar-refractivity contribution in [2.75, 3.05) is 57.2 Å². The zero-order valence-corrected chi connectivity index (χ0v) is 25.7. The summed E-state index contributed by atoms with van der Waals surface area (Å²) in [5, 5.41) is 14.3. The quantitative estimate of drug-likeness (QED) is 0.135. The van der Waals surface area contributed by atoms with Crippen LogP contribution >= 0.6 is 0 Å². The molecular formula is C34H37N7O4. The van der Waals surface area contributed by atoms with Gasteiger partial charge < -0.3 is 35.1 Å². The third-order valence-corrected chi connectivity index (χ3v) is 7.83. The fourth-order valence-corrected chi connectivity index (χ4v) is 5.43. The number of aromatic nitrogens is 2. The van der Waals surface area contributed by atoms with E-state index in [2.05, 4.69) is 21.7 Å². The molecule has 1 saturated heterocycles. The van der Waals surface area contributed by atoms with Crippen molar-refractivity contribution in [1.29, 1.82) is 5.41 Å². The van der Waals surface area contributed by atoms with E-state index in [0.29, 0.717) is 68.3 Å². The van der Waals surface area contributed by atoms with Crippen LogP contribution < -0.4 is 21.1 Å². The number of nitrogens with zero attached hydrogens (tertiary/aromatic N) is 4. The third kappa shape index (κ3) is 6.94. The van der Waals surface area contributed by atoms with Crippen molar-refractivity contribution in [2.45, 2.75) is 6.42 Å². The lowest BCUT2D eigenvalue weighted by Crippen LogP contribution is -2.40. The van der Waals surface area contributed by atoms with Gasteiger partial charge in [0.1, 0.15) is 11.5 Å². The summed E-state index contributed by atoms with van der Waals surface area (Å²) in [6.07, 6.45) is 5.91. The Kier molecular flexibility index (Phi) is 9.69. The Labute approximate surface area is 262 Å². The van der Waals surface area contributed by atoms with E-state index in [-0.39, 0.29) is 11.5 Å². The number of benzene rings is 2. The first-order valence-electron chi connectivity index (χ1n) is 14.7. The molecule has 2 amide bonds. The van der Waals surface area contributed by atoms with Crippen LogP contribution in [0.4, 0.5) is 17.2 Å². The van der Waals surface area contributed by atoms with Crippen LogP contribution in [0.15, 0.2) is 71.8 Å². The molecule has 3 heterocycles. The Hall–Kier alpha value is -5.29. The van der Waals surface area contributed by atoms with Crippen LogP contribution in [0.5, 0.6) is 0 Å². The maximum absolute atomic E-state index is 13.2. The number of rotatable bonds is 11. The number of hydrogen-bond donors (Lipinski definition) is 3. The van der Waals surface area contributed by atoms with Gasteiger partial charge in [-0.3, -0.25) is 14.4 Å². The number of pyridine rings is 2. The molecular weight excluding hydrogens is 570 g/mol. The molecule has 0 saturated carbocycles. The van der Waals surface area contributed by atoms with E-state index in [4.69, 9.17) is 10.1 Å². The summed E-state index contributed by atoms with van der Waals surface area (Å²) in [6, 6.07) is 17.2. The number of aryl methyl sites for hydroxylation is 1. The van der Waals surface area contributed by atoms with Crippen LogP contribution in [-0.2, 0) is 23.0 Å². The molecule has 3 N–H and O–H groups in total. The second-order valence-electron chi connectivity index (χ2n) is 11.0. The zero-order chi connectivity index (χ0) is 31.9. The summed E-state index contributed by atoms with van der Waals surface area (Å²) in [6.45, 7) is 2.61. The highest BCUT2D eigenvalue weighted by atomic mass is 16.5. The average molecular weight is 608 g/mol. The normalized spacial score (nSPS) is 12.8. The Morgan fingerprint density at radius 2 is 1.84 bits per heavy atom. The van der Waals surface area contributed by atoms with Crippen LogP contribution in [0.2, 0.25) is 0 Å². The van der Waals surface area contributed by atoms with Gasteiger partial charge >= 0.3 is 0 Å². The van der Waals surface area contributed by atoms with Crippen molar-refractivity contribution in [1.82, 2.24) is 19.8 Å². The monoisotopic (exact) mass is 607 g/mol. The average Bonchev–Trinajstić information content (AvgIpc) is 3.06. The van der Waals surface area contributed by atoms with Gasteiger partial charge in [0.05, 0.1) is 18.8 Å². The number of amides is 2. The summed E-state index contributed by atoms with van der Waals surface area (Å²) in [7, 11) is 5.64. The fourth-order valence-electron chi connectivity index (χ4n) is 5.43. The van der Waals surface area contributed by atoms with Gasteiger partial charge in [-0.15, -0.1) is 0 Å². The van der Waals surface area contributed by atoms with Crippen LogP contribution in [0.1, 0.15) is 21.5 Å². The molecule has 1 aliphatic rings. The highest BCUT2D eigenvalue weighted by Gasteiger charge is 2.19. The van der Waals surface area contributed by atoms with E-state index in [1.165, 1.54) is 17.0 Å². The Morgan fingerprint density at radius 3 is 2.53 bits per heavy atom. The van der Waals surface area contributed by atoms with Crippen LogP contribution in [0.3, 0.4) is 0 Å². The van der Waals surface area contributed by atoms with Gasteiger partial charge in [0, 0.05) is 76.2 Å². The number of carbonyl (C=O) groups excluding carboxylic acids is 2. The lowest BCUT2D eigenvalue weighted by Gasteiger charge is -2.26. The number of morpholine rings is 1. The predicted molar refractivity (Wildman–Crippen MR) is 177 cm³/mol. The highest BCUT2D eigenvalue weighted by molar-refractivity contribution is 5.98. The molecule has 11 nitrogen and oxygen atoms in total. The largest absolute Gasteiger partial charge is 0.378 e. The van der Waals surface area contributed by atoms with Gasteiger partial charge in [0.15, 0.2) is 0 Å². The Morgan fingerprint density at radius 1 is 1.07 bits per heavy atom. The van der Waals surface area contributed by atoms with Crippen LogP contribution in [0.25, 0.3) is 22.3 Å². The SMILES string of the molecule is CN(C)c1ccc(-c2cccc(-c3cc(Nc4ccc(C(=O)N5CCOCC5)cn4)c(=O)n(C)c3)c2C=N)c(CCNC=O)c1. The van der Waals surface area contributed by atoms with E-state index in [1.54, 1.807) is 36.3 Å². The van der Waals surface area contributed by atoms with Gasteiger partial charge in [0.2, 0.25) is 6.41 Å². The summed E-state index contributed by atoms with van der Waals surface area (Å²) in [5.41, 5.74) is 6.69. The molecule has 2 aromatic carbocycles. The molecule has 11 heteroatoms. The van der Waals surface area contributed by atoms with Gasteiger partial charge in [-0.25, -0.2) is 4.98 Å². The molecule has 0 atom stereocenters. The molecule has 4 aromatic rings. The second-order valence-corrected chi connectivity index (χ2v) is 11.0. The van der Waals surface area contributed by atoms with E-state index < -0.39 is 0 Å². The van der Waals surface area contributed by atoms with E-state index >= 15 is 0 Å². The number of anilines is 3.